The Balaban J connectivity index is 1.36. The number of carbonyl (C=O) groups excluding carboxylic acids is 1. The van der Waals surface area contributed by atoms with Crippen molar-refractivity contribution in [3.8, 4) is 0 Å². The van der Waals surface area contributed by atoms with Crippen LogP contribution < -0.4 is 0 Å². The van der Waals surface area contributed by atoms with Gasteiger partial charge in [0.15, 0.2) is 0 Å². The van der Waals surface area contributed by atoms with Gasteiger partial charge in [-0.25, -0.2) is 4.79 Å². The third kappa shape index (κ3) is 3.71. The standard InChI is InChI=1S/C38H52O4/c1-23(2)26-15-20-38(33(40)41)22-21-36(6)28(31(26)38)13-14-30-35(5)18-16-27(24-9-11-25(12-10-24)32(39)42-8)34(3,4)29(35)17-19-37(30,36)7/h9-12,16,26,28-31H,1,13-15,17-22H2,2-8H3,(H,40,41)/t26-,28?,29-,30+,31+,35-,36+,37?,38-/m0/s1. The van der Waals surface area contributed by atoms with E-state index in [0.717, 1.165) is 38.5 Å². The maximum absolute atomic E-state index is 12.9. The van der Waals surface area contributed by atoms with Crippen LogP contribution in [0.3, 0.4) is 0 Å². The van der Waals surface area contributed by atoms with E-state index in [1.165, 1.54) is 43.1 Å². The van der Waals surface area contributed by atoms with Gasteiger partial charge in [-0.3, -0.25) is 4.79 Å². The van der Waals surface area contributed by atoms with E-state index < -0.39 is 11.4 Å². The minimum atomic E-state index is -0.564. The highest BCUT2D eigenvalue weighted by Gasteiger charge is 2.71. The van der Waals surface area contributed by atoms with Crippen molar-refractivity contribution >= 4 is 17.5 Å². The fourth-order valence-corrected chi connectivity index (χ4v) is 12.5. The SMILES string of the molecule is C=C(C)[C@@H]1CC[C@]2(C(=O)O)CC[C@]3(C)C(CC[C@H]4C3(C)CC[C@H]3C(C)(C)C(c5ccc(C(=O)OC)cc5)=CC[C@@]34C)[C@@H]12. The number of carboxylic acid groups (broad SMARTS) is 1. The molecule has 4 heteroatoms. The van der Waals surface area contributed by atoms with Gasteiger partial charge in [0.05, 0.1) is 18.1 Å². The van der Waals surface area contributed by atoms with Crippen molar-refractivity contribution in [2.75, 3.05) is 7.11 Å². The van der Waals surface area contributed by atoms with E-state index in [9.17, 15) is 14.7 Å². The molecule has 0 saturated heterocycles. The van der Waals surface area contributed by atoms with Gasteiger partial charge >= 0.3 is 11.9 Å². The minimum absolute atomic E-state index is 0.0143. The van der Waals surface area contributed by atoms with Crippen molar-refractivity contribution in [1.82, 2.24) is 0 Å². The molecule has 42 heavy (non-hydrogen) atoms. The summed E-state index contributed by atoms with van der Waals surface area (Å²) >= 11 is 0. The molecule has 4 saturated carbocycles. The van der Waals surface area contributed by atoms with E-state index in [1.54, 1.807) is 0 Å². The fourth-order valence-electron chi connectivity index (χ4n) is 12.5. The smallest absolute Gasteiger partial charge is 0.337 e. The molecule has 0 aromatic heterocycles. The molecule has 5 aliphatic carbocycles. The largest absolute Gasteiger partial charge is 0.481 e. The van der Waals surface area contributed by atoms with Crippen molar-refractivity contribution in [2.24, 2.45) is 56.7 Å². The Bertz CT molecular complexity index is 1340. The number of hydrogen-bond acceptors (Lipinski definition) is 3. The Morgan fingerprint density at radius 1 is 0.881 bits per heavy atom. The predicted octanol–water partition coefficient (Wildman–Crippen LogP) is 9.21. The number of carboxylic acids is 1. The molecule has 0 aliphatic heterocycles. The number of fused-ring (bicyclic) bond motifs is 7. The van der Waals surface area contributed by atoms with Crippen LogP contribution in [0.5, 0.6) is 0 Å². The summed E-state index contributed by atoms with van der Waals surface area (Å²) in [4.78, 5) is 25.0. The van der Waals surface area contributed by atoms with Crippen LogP contribution in [0.1, 0.15) is 115 Å². The second-order valence-electron chi connectivity index (χ2n) is 16.3. The van der Waals surface area contributed by atoms with Gasteiger partial charge in [0.2, 0.25) is 0 Å². The monoisotopic (exact) mass is 572 g/mol. The summed E-state index contributed by atoms with van der Waals surface area (Å²) in [5.74, 6) is 1.35. The van der Waals surface area contributed by atoms with Gasteiger partial charge in [0.1, 0.15) is 0 Å². The normalized spacial score (nSPS) is 43.6. The summed E-state index contributed by atoms with van der Waals surface area (Å²) in [6, 6.07) is 7.98. The molecule has 1 aromatic carbocycles. The van der Waals surface area contributed by atoms with E-state index >= 15 is 0 Å². The van der Waals surface area contributed by atoms with Gasteiger partial charge < -0.3 is 9.84 Å². The molecule has 1 N–H and O–H groups in total. The maximum atomic E-state index is 12.9. The molecule has 0 heterocycles. The second-order valence-corrected chi connectivity index (χ2v) is 16.3. The van der Waals surface area contributed by atoms with Crippen molar-refractivity contribution in [1.29, 1.82) is 0 Å². The molecule has 0 radical (unpaired) electrons. The molecule has 1 aromatic rings. The van der Waals surface area contributed by atoms with Gasteiger partial charge in [0, 0.05) is 0 Å². The van der Waals surface area contributed by atoms with Crippen molar-refractivity contribution in [3.05, 3.63) is 53.6 Å². The molecule has 4 fully saturated rings. The highest BCUT2D eigenvalue weighted by Crippen LogP contribution is 2.77. The van der Waals surface area contributed by atoms with E-state index in [-0.39, 0.29) is 33.5 Å². The van der Waals surface area contributed by atoms with Crippen LogP contribution in [0, 0.1) is 56.7 Å². The van der Waals surface area contributed by atoms with E-state index in [2.05, 4.69) is 66.3 Å². The molecule has 4 nitrogen and oxygen atoms in total. The minimum Gasteiger partial charge on any atom is -0.481 e. The molecule has 0 spiro atoms. The molecule has 228 valence electrons. The van der Waals surface area contributed by atoms with Gasteiger partial charge in [-0.2, -0.15) is 0 Å². The first kappa shape index (κ1) is 29.7. The molecule has 9 atom stereocenters. The lowest BCUT2D eigenvalue weighted by atomic mass is 9.32. The Hall–Kier alpha value is -2.36. The van der Waals surface area contributed by atoms with Crippen molar-refractivity contribution < 1.29 is 19.4 Å². The van der Waals surface area contributed by atoms with Crippen LogP contribution in [0.4, 0.5) is 0 Å². The molecule has 0 amide bonds. The quantitative estimate of drug-likeness (QED) is 0.289. The lowest BCUT2D eigenvalue weighted by Gasteiger charge is -2.72. The predicted molar refractivity (Wildman–Crippen MR) is 168 cm³/mol. The average molecular weight is 573 g/mol. The summed E-state index contributed by atoms with van der Waals surface area (Å²) in [7, 11) is 1.43. The number of carbonyl (C=O) groups is 2. The Kier molecular flexibility index (Phi) is 6.77. The Labute approximate surface area is 253 Å². The number of esters is 1. The van der Waals surface area contributed by atoms with E-state index in [1.807, 2.05) is 12.1 Å². The summed E-state index contributed by atoms with van der Waals surface area (Å²) in [5, 5.41) is 10.6. The highest BCUT2D eigenvalue weighted by molar-refractivity contribution is 5.90. The third-order valence-electron chi connectivity index (χ3n) is 14.7. The second kappa shape index (κ2) is 9.57. The lowest BCUT2D eigenvalue weighted by Crippen LogP contribution is -2.65. The third-order valence-corrected chi connectivity index (χ3v) is 14.7. The van der Waals surface area contributed by atoms with Crippen LogP contribution in [-0.2, 0) is 9.53 Å². The van der Waals surface area contributed by atoms with Crippen LogP contribution in [0.2, 0.25) is 0 Å². The van der Waals surface area contributed by atoms with Crippen LogP contribution in [-0.4, -0.2) is 24.2 Å². The number of allylic oxidation sites excluding steroid dienone is 3. The average Bonchev–Trinajstić information content (AvgIpc) is 3.34. The van der Waals surface area contributed by atoms with Crippen LogP contribution >= 0.6 is 0 Å². The summed E-state index contributed by atoms with van der Waals surface area (Å²) < 4.78 is 4.92. The van der Waals surface area contributed by atoms with Gasteiger partial charge in [-0.1, -0.05) is 65.0 Å². The summed E-state index contributed by atoms with van der Waals surface area (Å²) in [6.07, 6.45) is 12.0. The molecule has 6 rings (SSSR count). The number of hydrogen-bond donors (Lipinski definition) is 1. The summed E-state index contributed by atoms with van der Waals surface area (Å²) in [6.45, 7) is 19.2. The number of rotatable bonds is 4. The zero-order valence-electron chi connectivity index (χ0n) is 27.0. The van der Waals surface area contributed by atoms with E-state index in [4.69, 9.17) is 4.74 Å². The molecular formula is C38H52O4. The highest BCUT2D eigenvalue weighted by atomic mass is 16.5. The van der Waals surface area contributed by atoms with Gasteiger partial charge in [0.25, 0.3) is 0 Å². The molecular weight excluding hydrogens is 520 g/mol. The number of methoxy groups -OCH3 is 1. The first-order valence-corrected chi connectivity index (χ1v) is 16.5. The number of aliphatic carboxylic acids is 1. The number of benzene rings is 1. The van der Waals surface area contributed by atoms with Crippen molar-refractivity contribution in [3.63, 3.8) is 0 Å². The zero-order chi connectivity index (χ0) is 30.5. The van der Waals surface area contributed by atoms with Crippen LogP contribution in [0.25, 0.3) is 5.57 Å². The van der Waals surface area contributed by atoms with Crippen molar-refractivity contribution in [2.45, 2.75) is 99.3 Å². The topological polar surface area (TPSA) is 63.6 Å². The molecule has 5 aliphatic rings. The van der Waals surface area contributed by atoms with Gasteiger partial charge in [-0.15, -0.1) is 0 Å². The zero-order valence-corrected chi connectivity index (χ0v) is 27.0. The first-order valence-electron chi connectivity index (χ1n) is 16.5. The first-order chi connectivity index (χ1) is 19.7. The lowest BCUT2D eigenvalue weighted by molar-refractivity contribution is -0.227. The number of ether oxygens (including phenoxy) is 1. The Morgan fingerprint density at radius 3 is 2.19 bits per heavy atom. The molecule has 2 unspecified atom stereocenters. The van der Waals surface area contributed by atoms with Gasteiger partial charge in [-0.05, 0) is 139 Å². The Morgan fingerprint density at radius 2 is 1.57 bits per heavy atom. The maximum Gasteiger partial charge on any atom is 0.337 e. The summed E-state index contributed by atoms with van der Waals surface area (Å²) in [5.41, 5.74) is 4.39. The van der Waals surface area contributed by atoms with E-state index in [0.29, 0.717) is 29.2 Å². The molecule has 0 bridgehead atoms. The fraction of sp³-hybridized carbons (Fsp3) is 0.684. The van der Waals surface area contributed by atoms with Crippen LogP contribution in [0.15, 0.2) is 42.5 Å².